The van der Waals surface area contributed by atoms with Gasteiger partial charge in [-0.3, -0.25) is 0 Å². The second-order valence-corrected chi connectivity index (χ2v) is 7.06. The van der Waals surface area contributed by atoms with E-state index in [2.05, 4.69) is 19.9 Å². The first-order valence-electron chi connectivity index (χ1n) is 7.91. The standard InChI is InChI=1S/C15H24N4/c1-2-14(19-9-7-16-17-19)11-18(8-1)12-15-5-3-13(10-15)4-6-15/h7,9,13-14H,1-6,8,10-12H2. The number of piperidine rings is 1. The Balaban J connectivity index is 1.42. The molecule has 2 heterocycles. The fourth-order valence-corrected chi connectivity index (χ4v) is 4.81. The predicted molar refractivity (Wildman–Crippen MR) is 73.7 cm³/mol. The summed E-state index contributed by atoms with van der Waals surface area (Å²) in [6, 6.07) is 0.547. The monoisotopic (exact) mass is 260 g/mol. The number of hydrogen-bond acceptors (Lipinski definition) is 3. The van der Waals surface area contributed by atoms with E-state index in [4.69, 9.17) is 0 Å². The van der Waals surface area contributed by atoms with E-state index in [0.717, 1.165) is 5.92 Å². The molecule has 1 unspecified atom stereocenters. The number of aromatic nitrogens is 3. The Bertz CT molecular complexity index is 419. The number of rotatable bonds is 3. The maximum atomic E-state index is 4.19. The average Bonchev–Trinajstić information content (AvgIpc) is 3.16. The van der Waals surface area contributed by atoms with Crippen molar-refractivity contribution in [2.24, 2.45) is 11.3 Å². The van der Waals surface area contributed by atoms with Gasteiger partial charge in [0.25, 0.3) is 0 Å². The van der Waals surface area contributed by atoms with Crippen LogP contribution in [0.5, 0.6) is 0 Å². The molecule has 2 aliphatic carbocycles. The van der Waals surface area contributed by atoms with E-state index in [-0.39, 0.29) is 0 Å². The Kier molecular flexibility index (Phi) is 2.87. The maximum Gasteiger partial charge on any atom is 0.0693 e. The number of nitrogens with zero attached hydrogens (tertiary/aromatic N) is 4. The highest BCUT2D eigenvalue weighted by molar-refractivity contribution is 4.98. The van der Waals surface area contributed by atoms with E-state index < -0.39 is 0 Å². The van der Waals surface area contributed by atoms with Crippen molar-refractivity contribution < 1.29 is 0 Å². The predicted octanol–water partition coefficient (Wildman–Crippen LogP) is 2.50. The first-order valence-corrected chi connectivity index (χ1v) is 7.91. The van der Waals surface area contributed by atoms with Gasteiger partial charge in [0.05, 0.1) is 12.2 Å². The molecule has 1 aromatic rings. The molecule has 0 spiro atoms. The molecule has 1 aromatic heterocycles. The van der Waals surface area contributed by atoms with E-state index >= 15 is 0 Å². The maximum absolute atomic E-state index is 4.19. The summed E-state index contributed by atoms with van der Waals surface area (Å²) in [5.74, 6) is 1.07. The summed E-state index contributed by atoms with van der Waals surface area (Å²) in [5.41, 5.74) is 0.689. The summed E-state index contributed by atoms with van der Waals surface area (Å²) in [6.07, 6.45) is 13.9. The van der Waals surface area contributed by atoms with Gasteiger partial charge >= 0.3 is 0 Å². The van der Waals surface area contributed by atoms with E-state index in [1.165, 1.54) is 64.6 Å². The van der Waals surface area contributed by atoms with Gasteiger partial charge in [-0.05, 0) is 62.8 Å². The molecule has 19 heavy (non-hydrogen) atoms. The van der Waals surface area contributed by atoms with E-state index in [1.54, 1.807) is 6.20 Å². The van der Waals surface area contributed by atoms with Crippen molar-refractivity contribution in [3.05, 3.63) is 12.4 Å². The summed E-state index contributed by atoms with van der Waals surface area (Å²) < 4.78 is 2.07. The highest BCUT2D eigenvalue weighted by atomic mass is 15.4. The van der Waals surface area contributed by atoms with Crippen LogP contribution in [0.2, 0.25) is 0 Å². The average molecular weight is 260 g/mol. The summed E-state index contributed by atoms with van der Waals surface area (Å²) >= 11 is 0. The third-order valence-corrected chi connectivity index (χ3v) is 5.74. The van der Waals surface area contributed by atoms with Crippen LogP contribution in [0.3, 0.4) is 0 Å². The molecule has 2 saturated carbocycles. The van der Waals surface area contributed by atoms with Crippen molar-refractivity contribution in [2.75, 3.05) is 19.6 Å². The normalized spacial score (nSPS) is 38.9. The number of fused-ring (bicyclic) bond motifs is 2. The second-order valence-electron chi connectivity index (χ2n) is 7.06. The molecule has 2 bridgehead atoms. The Hall–Kier alpha value is -0.900. The second kappa shape index (κ2) is 4.58. The van der Waals surface area contributed by atoms with Crippen molar-refractivity contribution in [2.45, 2.75) is 51.0 Å². The van der Waals surface area contributed by atoms with Gasteiger partial charge in [-0.1, -0.05) is 5.21 Å². The first kappa shape index (κ1) is 11.9. The quantitative estimate of drug-likeness (QED) is 0.837. The van der Waals surface area contributed by atoms with Crippen LogP contribution in [0.4, 0.5) is 0 Å². The molecule has 4 nitrogen and oxygen atoms in total. The molecule has 104 valence electrons. The fraction of sp³-hybridized carbons (Fsp3) is 0.867. The Morgan fingerprint density at radius 1 is 1.21 bits per heavy atom. The van der Waals surface area contributed by atoms with Crippen LogP contribution in [0.25, 0.3) is 0 Å². The van der Waals surface area contributed by atoms with Crippen LogP contribution in [0.1, 0.15) is 51.0 Å². The Labute approximate surface area is 115 Å². The molecule has 3 aliphatic rings. The van der Waals surface area contributed by atoms with Crippen LogP contribution in [-0.4, -0.2) is 39.5 Å². The topological polar surface area (TPSA) is 34.0 Å². The van der Waals surface area contributed by atoms with Gasteiger partial charge in [-0.2, -0.15) is 0 Å². The van der Waals surface area contributed by atoms with E-state index in [9.17, 15) is 0 Å². The molecule has 1 atom stereocenters. The molecule has 3 fully saturated rings. The van der Waals surface area contributed by atoms with Gasteiger partial charge in [-0.15, -0.1) is 5.10 Å². The minimum absolute atomic E-state index is 0.547. The molecule has 1 saturated heterocycles. The van der Waals surface area contributed by atoms with Crippen molar-refractivity contribution in [3.63, 3.8) is 0 Å². The van der Waals surface area contributed by atoms with Crippen LogP contribution in [-0.2, 0) is 0 Å². The molecule has 0 aromatic carbocycles. The van der Waals surface area contributed by atoms with Crippen molar-refractivity contribution in [3.8, 4) is 0 Å². The molecule has 0 amide bonds. The lowest BCUT2D eigenvalue weighted by Crippen LogP contribution is -2.42. The Morgan fingerprint density at radius 3 is 2.79 bits per heavy atom. The third-order valence-electron chi connectivity index (χ3n) is 5.74. The van der Waals surface area contributed by atoms with Gasteiger partial charge < -0.3 is 4.90 Å². The molecule has 4 rings (SSSR count). The number of likely N-dealkylation sites (tertiary alicyclic amines) is 1. The first-order chi connectivity index (χ1) is 9.33. The summed E-state index contributed by atoms with van der Waals surface area (Å²) in [7, 11) is 0. The van der Waals surface area contributed by atoms with Crippen LogP contribution in [0, 0.1) is 11.3 Å². The molecule has 4 heteroatoms. The van der Waals surface area contributed by atoms with Crippen LogP contribution >= 0.6 is 0 Å². The number of hydrogen-bond donors (Lipinski definition) is 0. The minimum Gasteiger partial charge on any atom is -0.301 e. The lowest BCUT2D eigenvalue weighted by molar-refractivity contribution is 0.104. The molecule has 0 radical (unpaired) electrons. The molecule has 0 N–H and O–H groups in total. The van der Waals surface area contributed by atoms with Gasteiger partial charge in [0.15, 0.2) is 0 Å². The van der Waals surface area contributed by atoms with Crippen LogP contribution < -0.4 is 0 Å². The lowest BCUT2D eigenvalue weighted by atomic mass is 9.83. The zero-order chi connectivity index (χ0) is 12.7. The van der Waals surface area contributed by atoms with Crippen molar-refractivity contribution in [1.82, 2.24) is 19.9 Å². The molecular formula is C15H24N4. The van der Waals surface area contributed by atoms with Gasteiger partial charge in [-0.25, -0.2) is 4.68 Å². The fourth-order valence-electron chi connectivity index (χ4n) is 4.81. The summed E-state index contributed by atoms with van der Waals surface area (Å²) in [4.78, 5) is 2.71. The van der Waals surface area contributed by atoms with Crippen LogP contribution in [0.15, 0.2) is 12.4 Å². The zero-order valence-electron chi connectivity index (χ0n) is 11.7. The van der Waals surface area contributed by atoms with Gasteiger partial charge in [0.2, 0.25) is 0 Å². The summed E-state index contributed by atoms with van der Waals surface area (Å²) in [6.45, 7) is 3.81. The molecule has 1 aliphatic heterocycles. The van der Waals surface area contributed by atoms with Crippen molar-refractivity contribution >= 4 is 0 Å². The Morgan fingerprint density at radius 2 is 2.11 bits per heavy atom. The van der Waals surface area contributed by atoms with E-state index in [1.807, 2.05) is 6.20 Å². The lowest BCUT2D eigenvalue weighted by Gasteiger charge is -2.38. The van der Waals surface area contributed by atoms with Gasteiger partial charge in [0.1, 0.15) is 0 Å². The third kappa shape index (κ3) is 2.20. The molecular weight excluding hydrogens is 236 g/mol. The SMILES string of the molecule is c1cn(C2CCCN(CC34CCC(CC3)C4)C2)nn1. The zero-order valence-corrected chi connectivity index (χ0v) is 11.7. The smallest absolute Gasteiger partial charge is 0.0693 e. The largest absolute Gasteiger partial charge is 0.301 e. The van der Waals surface area contributed by atoms with Gasteiger partial charge in [0, 0.05) is 19.3 Å². The van der Waals surface area contributed by atoms with Crippen molar-refractivity contribution in [1.29, 1.82) is 0 Å². The van der Waals surface area contributed by atoms with E-state index in [0.29, 0.717) is 11.5 Å². The summed E-state index contributed by atoms with van der Waals surface area (Å²) in [5, 5.41) is 8.15. The highest BCUT2D eigenvalue weighted by Crippen LogP contribution is 2.54. The highest BCUT2D eigenvalue weighted by Gasteiger charge is 2.45. The minimum atomic E-state index is 0.547.